The van der Waals surface area contributed by atoms with E-state index in [1.165, 1.54) is 4.90 Å². The quantitative estimate of drug-likeness (QED) is 0.496. The van der Waals surface area contributed by atoms with Gasteiger partial charge in [-0.1, -0.05) is 42.5 Å². The number of nitrogens with one attached hydrogen (secondary N) is 1. The highest BCUT2D eigenvalue weighted by Gasteiger charge is 2.15. The van der Waals surface area contributed by atoms with E-state index in [2.05, 4.69) is 52.6 Å². The van der Waals surface area contributed by atoms with Crippen molar-refractivity contribution in [2.45, 2.75) is 4.90 Å². The lowest BCUT2D eigenvalue weighted by Gasteiger charge is -2.02. The van der Waals surface area contributed by atoms with Crippen LogP contribution in [0.4, 0.5) is 0 Å². The molecule has 0 spiro atoms. The maximum atomic E-state index is 4.90. The number of nitrogens with zero attached hydrogens (tertiary/aromatic N) is 2. The molecule has 4 rings (SSSR count). The van der Waals surface area contributed by atoms with Crippen LogP contribution >= 0.6 is 11.8 Å². The van der Waals surface area contributed by atoms with Crippen molar-refractivity contribution >= 4 is 11.8 Å². The first-order valence-corrected chi connectivity index (χ1v) is 9.28. The predicted molar refractivity (Wildman–Crippen MR) is 104 cm³/mol. The number of thioether (sulfide) groups is 1. The van der Waals surface area contributed by atoms with E-state index in [4.69, 9.17) is 4.98 Å². The Morgan fingerprint density at radius 2 is 1.48 bits per heavy atom. The van der Waals surface area contributed by atoms with Gasteiger partial charge in [-0.25, -0.2) is 4.98 Å². The molecule has 0 atom stereocenters. The Hall–Kier alpha value is -2.85. The van der Waals surface area contributed by atoms with E-state index in [0.717, 1.165) is 33.9 Å². The van der Waals surface area contributed by atoms with Crippen LogP contribution in [-0.4, -0.2) is 21.2 Å². The summed E-state index contributed by atoms with van der Waals surface area (Å²) in [6.45, 7) is 0. The maximum Gasteiger partial charge on any atom is 0.138 e. The first-order chi connectivity index (χ1) is 12.3. The molecule has 4 heteroatoms. The summed E-state index contributed by atoms with van der Waals surface area (Å²) in [4.78, 5) is 13.8. The molecule has 1 N–H and O–H groups in total. The summed E-state index contributed by atoms with van der Waals surface area (Å²) in [7, 11) is 0. The molecular weight excluding hydrogens is 326 g/mol. The maximum absolute atomic E-state index is 4.90. The average Bonchev–Trinajstić information content (AvgIpc) is 3.15. The molecule has 0 aliphatic heterocycles. The highest BCUT2D eigenvalue weighted by molar-refractivity contribution is 7.98. The molecule has 0 unspecified atom stereocenters. The van der Waals surface area contributed by atoms with Crippen LogP contribution in [0.2, 0.25) is 0 Å². The summed E-state index contributed by atoms with van der Waals surface area (Å²) >= 11 is 1.74. The van der Waals surface area contributed by atoms with E-state index >= 15 is 0 Å². The van der Waals surface area contributed by atoms with Crippen molar-refractivity contribution in [3.8, 4) is 33.9 Å². The van der Waals surface area contributed by atoms with Gasteiger partial charge in [-0.3, -0.25) is 4.98 Å². The van der Waals surface area contributed by atoms with Gasteiger partial charge in [-0.2, -0.15) is 0 Å². The zero-order valence-corrected chi connectivity index (χ0v) is 14.6. The van der Waals surface area contributed by atoms with Gasteiger partial charge in [0, 0.05) is 34.0 Å². The second kappa shape index (κ2) is 6.95. The van der Waals surface area contributed by atoms with Crippen LogP contribution in [0.3, 0.4) is 0 Å². The number of imidazole rings is 1. The lowest BCUT2D eigenvalue weighted by atomic mass is 10.1. The minimum absolute atomic E-state index is 0.873. The topological polar surface area (TPSA) is 41.6 Å². The fourth-order valence-electron chi connectivity index (χ4n) is 2.79. The van der Waals surface area contributed by atoms with Crippen molar-refractivity contribution in [2.24, 2.45) is 0 Å². The van der Waals surface area contributed by atoms with Crippen LogP contribution in [0.1, 0.15) is 0 Å². The molecule has 0 radical (unpaired) electrons. The van der Waals surface area contributed by atoms with Crippen LogP contribution < -0.4 is 0 Å². The van der Waals surface area contributed by atoms with E-state index in [9.17, 15) is 0 Å². The molecule has 2 aromatic heterocycles. The Balaban J connectivity index is 1.86. The Kier molecular flexibility index (Phi) is 4.36. The van der Waals surface area contributed by atoms with Crippen molar-refractivity contribution in [3.05, 3.63) is 79.1 Å². The molecule has 0 amide bonds. The molecular formula is C21H17N3S. The first-order valence-electron chi connectivity index (χ1n) is 8.05. The van der Waals surface area contributed by atoms with Crippen molar-refractivity contribution in [1.82, 2.24) is 15.0 Å². The molecule has 0 bridgehead atoms. The fraction of sp³-hybridized carbons (Fsp3) is 0.0476. The SMILES string of the molecule is CSc1ccc(-c2nc(-c3ccccc3)c(-c3ccncc3)[nH]2)cc1. The van der Waals surface area contributed by atoms with E-state index in [1.807, 2.05) is 30.3 Å². The number of aromatic amines is 1. The van der Waals surface area contributed by atoms with Crippen LogP contribution in [0.15, 0.2) is 84.0 Å². The van der Waals surface area contributed by atoms with Gasteiger partial charge in [0.15, 0.2) is 0 Å². The van der Waals surface area contributed by atoms with Crippen molar-refractivity contribution in [3.63, 3.8) is 0 Å². The van der Waals surface area contributed by atoms with Crippen LogP contribution in [-0.2, 0) is 0 Å². The van der Waals surface area contributed by atoms with E-state index in [-0.39, 0.29) is 0 Å². The third-order valence-electron chi connectivity index (χ3n) is 4.08. The van der Waals surface area contributed by atoms with E-state index in [1.54, 1.807) is 24.2 Å². The monoisotopic (exact) mass is 343 g/mol. The normalized spacial score (nSPS) is 10.8. The highest BCUT2D eigenvalue weighted by atomic mass is 32.2. The van der Waals surface area contributed by atoms with Gasteiger partial charge in [-0.15, -0.1) is 11.8 Å². The molecule has 0 fully saturated rings. The van der Waals surface area contributed by atoms with Gasteiger partial charge >= 0.3 is 0 Å². The third-order valence-corrected chi connectivity index (χ3v) is 4.83. The summed E-state index contributed by atoms with van der Waals surface area (Å²) in [5.41, 5.74) is 5.22. The lowest BCUT2D eigenvalue weighted by molar-refractivity contribution is 1.29. The summed E-state index contributed by atoms with van der Waals surface area (Å²) in [6.07, 6.45) is 5.69. The molecule has 0 saturated carbocycles. The van der Waals surface area contributed by atoms with Crippen LogP contribution in [0.5, 0.6) is 0 Å². The molecule has 25 heavy (non-hydrogen) atoms. The molecule has 0 saturated heterocycles. The average molecular weight is 343 g/mol. The lowest BCUT2D eigenvalue weighted by Crippen LogP contribution is -1.83. The van der Waals surface area contributed by atoms with Gasteiger partial charge in [0.25, 0.3) is 0 Å². The Morgan fingerprint density at radius 1 is 0.760 bits per heavy atom. The summed E-state index contributed by atoms with van der Waals surface area (Å²) in [6, 6.07) is 22.7. The molecule has 0 aliphatic carbocycles. The number of pyridine rings is 1. The van der Waals surface area contributed by atoms with Crippen molar-refractivity contribution in [2.75, 3.05) is 6.26 Å². The number of hydrogen-bond donors (Lipinski definition) is 1. The summed E-state index contributed by atoms with van der Waals surface area (Å²) < 4.78 is 0. The van der Waals surface area contributed by atoms with Crippen molar-refractivity contribution < 1.29 is 0 Å². The summed E-state index contributed by atoms with van der Waals surface area (Å²) in [5.74, 6) is 0.873. The van der Waals surface area contributed by atoms with E-state index < -0.39 is 0 Å². The molecule has 2 heterocycles. The smallest absolute Gasteiger partial charge is 0.138 e. The van der Waals surface area contributed by atoms with Crippen LogP contribution in [0.25, 0.3) is 33.9 Å². The van der Waals surface area contributed by atoms with Gasteiger partial charge < -0.3 is 4.98 Å². The first kappa shape index (κ1) is 15.7. The van der Waals surface area contributed by atoms with Gasteiger partial charge in [0.1, 0.15) is 5.82 Å². The molecule has 0 aliphatic rings. The number of aromatic nitrogens is 3. The number of hydrogen-bond acceptors (Lipinski definition) is 3. The molecule has 122 valence electrons. The number of rotatable bonds is 4. The minimum atomic E-state index is 0.873. The summed E-state index contributed by atoms with van der Waals surface area (Å²) in [5, 5.41) is 0. The minimum Gasteiger partial charge on any atom is -0.337 e. The largest absolute Gasteiger partial charge is 0.337 e. The highest BCUT2D eigenvalue weighted by Crippen LogP contribution is 2.33. The van der Waals surface area contributed by atoms with Crippen LogP contribution in [0, 0.1) is 0 Å². The van der Waals surface area contributed by atoms with Gasteiger partial charge in [0.2, 0.25) is 0 Å². The number of benzene rings is 2. The zero-order valence-electron chi connectivity index (χ0n) is 13.8. The van der Waals surface area contributed by atoms with Crippen molar-refractivity contribution in [1.29, 1.82) is 0 Å². The van der Waals surface area contributed by atoms with Gasteiger partial charge in [0.05, 0.1) is 11.4 Å². The fourth-order valence-corrected chi connectivity index (χ4v) is 3.20. The second-order valence-electron chi connectivity index (χ2n) is 5.64. The van der Waals surface area contributed by atoms with E-state index in [0.29, 0.717) is 0 Å². The Bertz CT molecular complexity index is 904. The predicted octanol–water partition coefficient (Wildman–Crippen LogP) is 5.53. The Labute approximate surface area is 151 Å². The molecule has 4 aromatic rings. The van der Waals surface area contributed by atoms with Gasteiger partial charge in [-0.05, 0) is 30.5 Å². The standard InChI is InChI=1S/C21H17N3S/c1-25-18-9-7-17(8-10-18)21-23-19(15-5-3-2-4-6-15)20(24-21)16-11-13-22-14-12-16/h2-14H,1H3,(H,23,24). The number of H-pyrrole nitrogens is 1. The third kappa shape index (κ3) is 3.21. The zero-order chi connectivity index (χ0) is 17.1. The molecule has 2 aromatic carbocycles. The molecule has 3 nitrogen and oxygen atoms in total. The second-order valence-corrected chi connectivity index (χ2v) is 6.52. The Morgan fingerprint density at radius 3 is 2.16 bits per heavy atom.